The topological polar surface area (TPSA) is 67.2 Å². The molecule has 2 atom stereocenters. The third-order valence-corrected chi connectivity index (χ3v) is 5.47. The highest BCUT2D eigenvalue weighted by atomic mass is 35.5. The van der Waals surface area contributed by atoms with Gasteiger partial charge in [0.2, 0.25) is 11.8 Å². The Hall–Kier alpha value is -1.85. The summed E-state index contributed by atoms with van der Waals surface area (Å²) in [5, 5.41) is 6.67. The van der Waals surface area contributed by atoms with Gasteiger partial charge in [-0.3, -0.25) is 4.79 Å². The second-order valence-corrected chi connectivity index (χ2v) is 7.47. The van der Waals surface area contributed by atoms with E-state index in [4.69, 9.17) is 4.42 Å². The van der Waals surface area contributed by atoms with Gasteiger partial charge in [0, 0.05) is 29.8 Å². The van der Waals surface area contributed by atoms with Gasteiger partial charge in [0.15, 0.2) is 0 Å². The van der Waals surface area contributed by atoms with Crippen LogP contribution in [0.5, 0.6) is 0 Å². The van der Waals surface area contributed by atoms with Gasteiger partial charge in [-0.1, -0.05) is 6.07 Å². The number of anilines is 1. The number of oxazole rings is 1. The van der Waals surface area contributed by atoms with Crippen molar-refractivity contribution < 1.29 is 9.21 Å². The Balaban J connectivity index is 0.00000196. The lowest BCUT2D eigenvalue weighted by atomic mass is 9.89. The molecule has 1 aromatic carbocycles. The molecule has 2 bridgehead atoms. The lowest BCUT2D eigenvalue weighted by molar-refractivity contribution is -0.117. The standard InChI is InChI=1S/C20H25N3O2.ClH/c1-12-13(2)25-20(21-12)15-4-3-5-16(11-15)23-19(24)10-14-8-17-6-7-18(9-14)22-17;/h3-5,11,14,17-18,22H,6-10H2,1-2H3,(H,23,24);1H. The molecule has 1 amide bonds. The Morgan fingerprint density at radius 2 is 2.00 bits per heavy atom. The maximum atomic E-state index is 12.4. The minimum atomic E-state index is 0. The van der Waals surface area contributed by atoms with Crippen LogP contribution in [0.25, 0.3) is 11.5 Å². The fourth-order valence-electron chi connectivity index (χ4n) is 4.14. The van der Waals surface area contributed by atoms with Crippen molar-refractivity contribution in [2.45, 2.75) is 58.0 Å². The van der Waals surface area contributed by atoms with Gasteiger partial charge in [0.25, 0.3) is 0 Å². The number of hydrogen-bond donors (Lipinski definition) is 2. The first-order chi connectivity index (χ1) is 12.1. The molecule has 0 aliphatic carbocycles. The molecule has 0 saturated carbocycles. The SMILES string of the molecule is Cc1nc(-c2cccc(NC(=O)CC3CC4CCC(C3)N4)c2)oc1C.Cl. The van der Waals surface area contributed by atoms with Gasteiger partial charge in [-0.2, -0.15) is 0 Å². The molecule has 4 rings (SSSR count). The molecule has 0 radical (unpaired) electrons. The molecule has 2 fully saturated rings. The fraction of sp³-hybridized carbons (Fsp3) is 0.500. The average Bonchev–Trinajstić information content (AvgIpc) is 3.09. The summed E-state index contributed by atoms with van der Waals surface area (Å²) in [6.07, 6.45) is 5.38. The van der Waals surface area contributed by atoms with Crippen molar-refractivity contribution in [2.24, 2.45) is 5.92 Å². The number of nitrogens with zero attached hydrogens (tertiary/aromatic N) is 1. The largest absolute Gasteiger partial charge is 0.441 e. The molecule has 2 aromatic rings. The van der Waals surface area contributed by atoms with Crippen LogP contribution in [-0.4, -0.2) is 23.0 Å². The number of halogens is 1. The van der Waals surface area contributed by atoms with E-state index in [1.807, 2.05) is 38.1 Å². The van der Waals surface area contributed by atoms with E-state index in [-0.39, 0.29) is 18.3 Å². The van der Waals surface area contributed by atoms with Crippen LogP contribution in [-0.2, 0) is 4.79 Å². The average molecular weight is 376 g/mol. The highest BCUT2D eigenvalue weighted by Crippen LogP contribution is 2.33. The van der Waals surface area contributed by atoms with E-state index in [9.17, 15) is 4.79 Å². The van der Waals surface area contributed by atoms with Crippen LogP contribution in [0.1, 0.15) is 43.6 Å². The summed E-state index contributed by atoms with van der Waals surface area (Å²) in [5.41, 5.74) is 2.58. The number of hydrogen-bond acceptors (Lipinski definition) is 4. The van der Waals surface area contributed by atoms with Gasteiger partial charge < -0.3 is 15.1 Å². The van der Waals surface area contributed by atoms with Crippen molar-refractivity contribution in [3.8, 4) is 11.5 Å². The monoisotopic (exact) mass is 375 g/mol. The van der Waals surface area contributed by atoms with Crippen LogP contribution in [0, 0.1) is 19.8 Å². The van der Waals surface area contributed by atoms with E-state index in [1.54, 1.807) is 0 Å². The number of carbonyl (C=O) groups is 1. The number of amides is 1. The number of piperidine rings is 1. The Kier molecular flexibility index (Phi) is 5.68. The minimum Gasteiger partial charge on any atom is -0.441 e. The summed E-state index contributed by atoms with van der Waals surface area (Å²) >= 11 is 0. The Morgan fingerprint density at radius 3 is 2.65 bits per heavy atom. The van der Waals surface area contributed by atoms with Crippen LogP contribution in [0.3, 0.4) is 0 Å². The minimum absolute atomic E-state index is 0. The smallest absolute Gasteiger partial charge is 0.226 e. The number of aryl methyl sites for hydroxylation is 2. The maximum Gasteiger partial charge on any atom is 0.226 e. The predicted octanol–water partition coefficient (Wildman–Crippen LogP) is 4.24. The molecule has 3 heterocycles. The molecule has 140 valence electrons. The molecule has 26 heavy (non-hydrogen) atoms. The van der Waals surface area contributed by atoms with E-state index in [0.717, 1.165) is 35.5 Å². The van der Waals surface area contributed by atoms with E-state index >= 15 is 0 Å². The summed E-state index contributed by atoms with van der Waals surface area (Å²) in [5.74, 6) is 2.02. The summed E-state index contributed by atoms with van der Waals surface area (Å²) in [4.78, 5) is 16.9. The van der Waals surface area contributed by atoms with Crippen molar-refractivity contribution in [3.05, 3.63) is 35.7 Å². The molecule has 2 aliphatic heterocycles. The van der Waals surface area contributed by atoms with Crippen LogP contribution in [0.2, 0.25) is 0 Å². The highest BCUT2D eigenvalue weighted by molar-refractivity contribution is 5.91. The first kappa shape index (κ1) is 18.9. The number of aromatic nitrogens is 1. The molecule has 6 heteroatoms. The van der Waals surface area contributed by atoms with Crippen LogP contribution < -0.4 is 10.6 Å². The zero-order valence-corrected chi connectivity index (χ0v) is 16.1. The molecule has 2 unspecified atom stereocenters. The maximum absolute atomic E-state index is 12.4. The van der Waals surface area contributed by atoms with Gasteiger partial charge in [-0.25, -0.2) is 4.98 Å². The van der Waals surface area contributed by atoms with Crippen LogP contribution in [0.4, 0.5) is 5.69 Å². The zero-order valence-electron chi connectivity index (χ0n) is 15.2. The number of fused-ring (bicyclic) bond motifs is 2. The van der Waals surface area contributed by atoms with Gasteiger partial charge in [0.1, 0.15) is 5.76 Å². The van der Waals surface area contributed by atoms with Gasteiger partial charge >= 0.3 is 0 Å². The number of nitrogens with one attached hydrogen (secondary N) is 2. The molecule has 5 nitrogen and oxygen atoms in total. The van der Waals surface area contributed by atoms with Crippen molar-refractivity contribution in [3.63, 3.8) is 0 Å². The summed E-state index contributed by atoms with van der Waals surface area (Å²) < 4.78 is 5.68. The molecule has 2 N–H and O–H groups in total. The highest BCUT2D eigenvalue weighted by Gasteiger charge is 2.34. The number of carbonyl (C=O) groups excluding carboxylic acids is 1. The second kappa shape index (κ2) is 7.80. The second-order valence-electron chi connectivity index (χ2n) is 7.47. The normalized spacial score (nSPS) is 24.2. The molecule has 2 aliphatic rings. The lowest BCUT2D eigenvalue weighted by Crippen LogP contribution is -2.39. The summed E-state index contributed by atoms with van der Waals surface area (Å²) in [6.45, 7) is 3.84. The van der Waals surface area contributed by atoms with Crippen LogP contribution in [0.15, 0.2) is 28.7 Å². The Morgan fingerprint density at radius 1 is 1.27 bits per heavy atom. The predicted molar refractivity (Wildman–Crippen MR) is 105 cm³/mol. The zero-order chi connectivity index (χ0) is 17.4. The van der Waals surface area contributed by atoms with Crippen LogP contribution >= 0.6 is 12.4 Å². The van der Waals surface area contributed by atoms with Crippen molar-refractivity contribution in [1.29, 1.82) is 0 Å². The molecule has 0 spiro atoms. The fourth-order valence-corrected chi connectivity index (χ4v) is 4.14. The van der Waals surface area contributed by atoms with E-state index in [0.29, 0.717) is 30.3 Å². The van der Waals surface area contributed by atoms with E-state index < -0.39 is 0 Å². The summed E-state index contributed by atoms with van der Waals surface area (Å²) in [7, 11) is 0. The number of rotatable bonds is 4. The molecular formula is C20H26ClN3O2. The molecule has 1 aromatic heterocycles. The first-order valence-electron chi connectivity index (χ1n) is 9.17. The Bertz CT molecular complexity index is 758. The van der Waals surface area contributed by atoms with E-state index in [1.165, 1.54) is 12.8 Å². The van der Waals surface area contributed by atoms with Gasteiger partial charge in [0.05, 0.1) is 5.69 Å². The van der Waals surface area contributed by atoms with Gasteiger partial charge in [-0.15, -0.1) is 12.4 Å². The van der Waals surface area contributed by atoms with Crippen molar-refractivity contribution in [1.82, 2.24) is 10.3 Å². The number of benzene rings is 1. The van der Waals surface area contributed by atoms with Gasteiger partial charge in [-0.05, 0) is 63.6 Å². The molecule has 2 saturated heterocycles. The molecular weight excluding hydrogens is 350 g/mol. The third kappa shape index (κ3) is 4.10. The van der Waals surface area contributed by atoms with Crippen molar-refractivity contribution in [2.75, 3.05) is 5.32 Å². The Labute approximate surface area is 160 Å². The third-order valence-electron chi connectivity index (χ3n) is 5.47. The van der Waals surface area contributed by atoms with Crippen molar-refractivity contribution >= 4 is 24.0 Å². The first-order valence-corrected chi connectivity index (χ1v) is 9.17. The lowest BCUT2D eigenvalue weighted by Gasteiger charge is -2.28. The quantitative estimate of drug-likeness (QED) is 0.838. The van der Waals surface area contributed by atoms with E-state index in [2.05, 4.69) is 15.6 Å². The summed E-state index contributed by atoms with van der Waals surface area (Å²) in [6, 6.07) is 8.95.